The Morgan fingerprint density at radius 3 is 2.00 bits per heavy atom. The van der Waals surface area contributed by atoms with Crippen LogP contribution in [0.5, 0.6) is 11.5 Å². The number of amidine groups is 1. The summed E-state index contributed by atoms with van der Waals surface area (Å²) in [5, 5.41) is 7.52. The van der Waals surface area contributed by atoms with Crippen molar-refractivity contribution in [2.45, 2.75) is 30.3 Å². The van der Waals surface area contributed by atoms with Crippen LogP contribution >= 0.6 is 12.4 Å². The second-order valence-electron chi connectivity index (χ2n) is 9.10. The Labute approximate surface area is 234 Å². The van der Waals surface area contributed by atoms with Crippen LogP contribution in [0.1, 0.15) is 18.9 Å². The number of sulfonamides is 1. The fraction of sp³-hybridized carbons (Fsp3) is 0.286. The van der Waals surface area contributed by atoms with Gasteiger partial charge in [0.1, 0.15) is 23.9 Å². The third-order valence-corrected chi connectivity index (χ3v) is 8.89. The minimum absolute atomic E-state index is 0. The van der Waals surface area contributed by atoms with Crippen molar-refractivity contribution in [2.75, 3.05) is 20.8 Å². The van der Waals surface area contributed by atoms with Gasteiger partial charge in [-0.2, -0.15) is 4.31 Å². The molecule has 11 heteroatoms. The van der Waals surface area contributed by atoms with E-state index in [0.717, 1.165) is 11.1 Å². The van der Waals surface area contributed by atoms with Gasteiger partial charge < -0.3 is 19.9 Å². The molecule has 0 aliphatic carbocycles. The molecule has 3 aromatic rings. The van der Waals surface area contributed by atoms with Crippen LogP contribution in [0.3, 0.4) is 0 Å². The number of halogens is 1. The lowest BCUT2D eigenvalue weighted by Crippen LogP contribution is -2.43. The summed E-state index contributed by atoms with van der Waals surface area (Å²) in [4.78, 5) is 12.6. The summed E-state index contributed by atoms with van der Waals surface area (Å²) in [7, 11) is -1.11. The Bertz CT molecular complexity index is 1400. The number of ether oxygens (including phenoxy) is 3. The lowest BCUT2D eigenvalue weighted by molar-refractivity contribution is -0.145. The Balaban J connectivity index is 0.00000420. The zero-order valence-corrected chi connectivity index (χ0v) is 23.5. The van der Waals surface area contributed by atoms with Crippen LogP contribution in [0.15, 0.2) is 77.7 Å². The number of benzene rings is 3. The van der Waals surface area contributed by atoms with Crippen molar-refractivity contribution in [1.29, 1.82) is 5.41 Å². The number of carbonyl (C=O) groups is 1. The molecule has 0 spiro atoms. The fourth-order valence-corrected chi connectivity index (χ4v) is 6.60. The number of nitrogens with one attached hydrogen (secondary N) is 1. The van der Waals surface area contributed by atoms with Crippen molar-refractivity contribution < 1.29 is 27.4 Å². The Hall–Kier alpha value is -3.60. The quantitative estimate of drug-likeness (QED) is 0.224. The molecule has 9 nitrogen and oxygen atoms in total. The molecular weight excluding hydrogens is 542 g/mol. The van der Waals surface area contributed by atoms with Crippen molar-refractivity contribution in [2.24, 2.45) is 11.7 Å². The Kier molecular flexibility index (Phi) is 9.60. The number of nitrogens with two attached hydrogens (primary N) is 1. The van der Waals surface area contributed by atoms with Crippen LogP contribution in [0.2, 0.25) is 0 Å². The number of nitrogens with zero attached hydrogens (tertiary/aromatic N) is 1. The number of esters is 1. The zero-order chi connectivity index (χ0) is 27.4. The lowest BCUT2D eigenvalue weighted by atomic mass is 10.0. The number of nitrogen functional groups attached to an aromatic ring is 1. The van der Waals surface area contributed by atoms with Gasteiger partial charge in [-0.3, -0.25) is 10.2 Å². The normalized spacial score (nSPS) is 19.1. The molecule has 1 aliphatic heterocycles. The third-order valence-electron chi connectivity index (χ3n) is 6.83. The maximum absolute atomic E-state index is 13.6. The monoisotopic (exact) mass is 573 g/mol. The van der Waals surface area contributed by atoms with Gasteiger partial charge in [-0.1, -0.05) is 36.4 Å². The number of carbonyl (C=O) groups excluding carboxylic acids is 1. The third kappa shape index (κ3) is 6.35. The van der Waals surface area contributed by atoms with E-state index in [-0.39, 0.29) is 36.2 Å². The summed E-state index contributed by atoms with van der Waals surface area (Å²) in [5.74, 6) is 0.0742. The highest BCUT2D eigenvalue weighted by Crippen LogP contribution is 2.36. The van der Waals surface area contributed by atoms with Crippen molar-refractivity contribution in [1.82, 2.24) is 4.31 Å². The molecule has 0 amide bonds. The topological polar surface area (TPSA) is 132 Å². The molecule has 1 heterocycles. The van der Waals surface area contributed by atoms with E-state index < -0.39 is 34.0 Å². The molecule has 3 aromatic carbocycles. The summed E-state index contributed by atoms with van der Waals surface area (Å²) >= 11 is 0. The molecule has 1 unspecified atom stereocenters. The molecule has 1 saturated heterocycles. The van der Waals surface area contributed by atoms with Gasteiger partial charge in [-0.15, -0.1) is 12.4 Å². The summed E-state index contributed by atoms with van der Waals surface area (Å²) in [5.41, 5.74) is 8.09. The predicted octanol–water partition coefficient (Wildman–Crippen LogP) is 4.09. The number of hydrogen-bond donors (Lipinski definition) is 2. The number of rotatable bonds is 9. The first-order valence-corrected chi connectivity index (χ1v) is 13.5. The smallest absolute Gasteiger partial charge is 0.310 e. The fourth-order valence-electron chi connectivity index (χ4n) is 4.75. The van der Waals surface area contributed by atoms with Crippen LogP contribution in [0.25, 0.3) is 11.1 Å². The molecule has 0 aromatic heterocycles. The van der Waals surface area contributed by atoms with E-state index in [4.69, 9.17) is 25.4 Å². The minimum Gasteiger partial charge on any atom is -0.497 e. The predicted molar refractivity (Wildman–Crippen MR) is 151 cm³/mol. The Morgan fingerprint density at radius 1 is 0.949 bits per heavy atom. The molecule has 39 heavy (non-hydrogen) atoms. The van der Waals surface area contributed by atoms with Gasteiger partial charge in [0.2, 0.25) is 10.0 Å². The van der Waals surface area contributed by atoms with E-state index >= 15 is 0 Å². The maximum Gasteiger partial charge on any atom is 0.310 e. The molecule has 3 atom stereocenters. The first-order chi connectivity index (χ1) is 18.1. The molecule has 0 radical (unpaired) electrons. The van der Waals surface area contributed by atoms with Gasteiger partial charge in [0, 0.05) is 11.6 Å². The molecule has 1 aliphatic rings. The summed E-state index contributed by atoms with van der Waals surface area (Å²) in [6, 6.07) is 19.8. The average molecular weight is 574 g/mol. The number of methoxy groups -OCH3 is 2. The van der Waals surface area contributed by atoms with Crippen LogP contribution in [-0.2, 0) is 19.6 Å². The highest BCUT2D eigenvalue weighted by Gasteiger charge is 2.49. The van der Waals surface area contributed by atoms with Crippen LogP contribution < -0.4 is 15.2 Å². The van der Waals surface area contributed by atoms with Crippen LogP contribution in [0.4, 0.5) is 0 Å². The summed E-state index contributed by atoms with van der Waals surface area (Å²) in [6.07, 6.45) is 0.282. The molecule has 1 fully saturated rings. The van der Waals surface area contributed by atoms with Crippen molar-refractivity contribution in [3.63, 3.8) is 0 Å². The van der Waals surface area contributed by atoms with E-state index in [2.05, 4.69) is 0 Å². The minimum atomic E-state index is -3.93. The van der Waals surface area contributed by atoms with Gasteiger partial charge in [-0.25, -0.2) is 8.42 Å². The highest BCUT2D eigenvalue weighted by atomic mass is 35.5. The SMILES string of the molecule is COC(=O)[C@H]1C[C@@H](COc2ccc(-c3ccc(C(=N)N)cc3)cc2)N(S(=O)(=O)c2ccc(OC)cc2)C1C.Cl. The first-order valence-electron chi connectivity index (χ1n) is 12.1. The van der Waals surface area contributed by atoms with Crippen molar-refractivity contribution in [3.05, 3.63) is 78.4 Å². The largest absolute Gasteiger partial charge is 0.497 e. The zero-order valence-electron chi connectivity index (χ0n) is 21.9. The molecule has 0 bridgehead atoms. The van der Waals surface area contributed by atoms with Crippen molar-refractivity contribution in [3.8, 4) is 22.6 Å². The second-order valence-corrected chi connectivity index (χ2v) is 10.9. The van der Waals surface area contributed by atoms with E-state index in [0.29, 0.717) is 17.1 Å². The van der Waals surface area contributed by atoms with E-state index in [1.165, 1.54) is 30.7 Å². The molecule has 4 rings (SSSR count). The van der Waals surface area contributed by atoms with Gasteiger partial charge in [0.05, 0.1) is 31.1 Å². The number of hydrogen-bond acceptors (Lipinski definition) is 7. The highest BCUT2D eigenvalue weighted by molar-refractivity contribution is 7.89. The van der Waals surface area contributed by atoms with Gasteiger partial charge in [-0.05, 0) is 60.9 Å². The lowest BCUT2D eigenvalue weighted by Gasteiger charge is -2.28. The molecule has 0 saturated carbocycles. The van der Waals surface area contributed by atoms with Crippen molar-refractivity contribution >= 4 is 34.2 Å². The molecule has 208 valence electrons. The van der Waals surface area contributed by atoms with Crippen LogP contribution in [-0.4, -0.2) is 57.4 Å². The van der Waals surface area contributed by atoms with E-state index in [9.17, 15) is 13.2 Å². The van der Waals surface area contributed by atoms with Crippen LogP contribution in [0, 0.1) is 11.3 Å². The molecular formula is C28H32ClN3O6S. The average Bonchev–Trinajstić information content (AvgIpc) is 3.28. The van der Waals surface area contributed by atoms with Gasteiger partial charge >= 0.3 is 5.97 Å². The first kappa shape index (κ1) is 29.9. The summed E-state index contributed by atoms with van der Waals surface area (Å²) < 4.78 is 44.8. The summed E-state index contributed by atoms with van der Waals surface area (Å²) in [6.45, 7) is 1.79. The maximum atomic E-state index is 13.6. The van der Waals surface area contributed by atoms with E-state index in [1.54, 1.807) is 31.2 Å². The standard InChI is InChI=1S/C28H31N3O6S.ClH/c1-18-26(28(32)36-3)16-22(31(18)38(33,34)25-14-12-23(35-2)13-15-25)17-37-24-10-8-20(9-11-24)19-4-6-21(7-5-19)27(29)30;/h4-15,18,22,26H,16-17H2,1-3H3,(H3,29,30);1H/t18?,22-,26-;/m0./s1. The van der Waals surface area contributed by atoms with Gasteiger partial charge in [0.15, 0.2) is 0 Å². The molecule has 3 N–H and O–H groups in total. The van der Waals surface area contributed by atoms with Gasteiger partial charge in [0.25, 0.3) is 0 Å². The second kappa shape index (κ2) is 12.5. The van der Waals surface area contributed by atoms with E-state index in [1.807, 2.05) is 36.4 Å². The Morgan fingerprint density at radius 2 is 1.49 bits per heavy atom.